The molecule has 0 aromatic heterocycles. The van der Waals surface area contributed by atoms with Crippen molar-refractivity contribution < 1.29 is 4.79 Å². The van der Waals surface area contributed by atoms with Gasteiger partial charge in [0.05, 0.1) is 0 Å². The zero-order valence-electron chi connectivity index (χ0n) is 11.3. The summed E-state index contributed by atoms with van der Waals surface area (Å²) in [6.45, 7) is 4.05. The van der Waals surface area contributed by atoms with Crippen LogP contribution in [0.25, 0.3) is 0 Å². The van der Waals surface area contributed by atoms with E-state index in [4.69, 9.17) is 5.73 Å². The van der Waals surface area contributed by atoms with Crippen LogP contribution in [0.4, 0.5) is 5.69 Å². The maximum atomic E-state index is 11.9. The lowest BCUT2D eigenvalue weighted by molar-refractivity contribution is 0.0958. The molecule has 0 bridgehead atoms. The Labute approximate surface area is 119 Å². The van der Waals surface area contributed by atoms with Gasteiger partial charge in [0.15, 0.2) is 0 Å². The number of nitrogens with one attached hydrogen (secondary N) is 1. The smallest absolute Gasteiger partial charge is 0.251 e. The lowest BCUT2D eigenvalue weighted by atomic mass is 10.0. The lowest BCUT2D eigenvalue weighted by Gasteiger charge is -2.06. The molecule has 2 rings (SSSR count). The van der Waals surface area contributed by atoms with E-state index < -0.39 is 0 Å². The van der Waals surface area contributed by atoms with Gasteiger partial charge in [-0.2, -0.15) is 0 Å². The molecular formula is C17H18N2O. The minimum absolute atomic E-state index is 0.0840. The van der Waals surface area contributed by atoms with Crippen LogP contribution in [0.1, 0.15) is 21.5 Å². The summed E-state index contributed by atoms with van der Waals surface area (Å²) in [4.78, 5) is 11.9. The number of carbonyl (C=O) groups excluding carboxylic acids is 1. The van der Waals surface area contributed by atoms with Crippen molar-refractivity contribution in [1.29, 1.82) is 0 Å². The van der Waals surface area contributed by atoms with Crippen LogP contribution in [0.3, 0.4) is 0 Å². The molecule has 3 N–H and O–H groups in total. The number of anilines is 1. The van der Waals surface area contributed by atoms with Crippen molar-refractivity contribution in [2.45, 2.75) is 6.42 Å². The van der Waals surface area contributed by atoms with Crippen LogP contribution in [0.15, 0.2) is 61.2 Å². The molecule has 1 amide bonds. The van der Waals surface area contributed by atoms with Gasteiger partial charge in [0, 0.05) is 17.8 Å². The molecule has 0 fully saturated rings. The van der Waals surface area contributed by atoms with E-state index in [-0.39, 0.29) is 5.91 Å². The van der Waals surface area contributed by atoms with Crippen molar-refractivity contribution in [2.75, 3.05) is 12.3 Å². The summed E-state index contributed by atoms with van der Waals surface area (Å²) in [5, 5.41) is 2.77. The minimum Gasteiger partial charge on any atom is -0.399 e. The minimum atomic E-state index is -0.0840. The standard InChI is InChI=1S/C17H18N2O/c1-2-9-19-17(20)15-7-3-5-13(11-15)10-14-6-4-8-16(18)12-14/h2-8,11-12H,1,9-10,18H2,(H,19,20). The van der Waals surface area contributed by atoms with Gasteiger partial charge in [-0.15, -0.1) is 6.58 Å². The third kappa shape index (κ3) is 3.72. The molecule has 0 atom stereocenters. The first-order valence-corrected chi connectivity index (χ1v) is 6.51. The molecule has 0 unspecified atom stereocenters. The Balaban J connectivity index is 2.13. The molecule has 3 nitrogen and oxygen atoms in total. The summed E-state index contributed by atoms with van der Waals surface area (Å²) < 4.78 is 0. The van der Waals surface area contributed by atoms with Gasteiger partial charge in [0.2, 0.25) is 0 Å². The molecule has 0 heterocycles. The molecule has 0 spiro atoms. The molecule has 2 aromatic rings. The molecular weight excluding hydrogens is 248 g/mol. The first-order chi connectivity index (χ1) is 9.69. The van der Waals surface area contributed by atoms with Gasteiger partial charge in [-0.25, -0.2) is 0 Å². The molecule has 3 heteroatoms. The van der Waals surface area contributed by atoms with Crippen LogP contribution in [-0.2, 0) is 6.42 Å². The molecule has 20 heavy (non-hydrogen) atoms. The second kappa shape index (κ2) is 6.57. The summed E-state index contributed by atoms with van der Waals surface area (Å²) in [6.07, 6.45) is 2.42. The van der Waals surface area contributed by atoms with E-state index in [1.807, 2.05) is 42.5 Å². The van der Waals surface area contributed by atoms with Gasteiger partial charge < -0.3 is 11.1 Å². The van der Waals surface area contributed by atoms with Crippen molar-refractivity contribution in [3.05, 3.63) is 77.9 Å². The third-order valence-corrected chi connectivity index (χ3v) is 2.96. The Hall–Kier alpha value is -2.55. The van der Waals surface area contributed by atoms with E-state index >= 15 is 0 Å². The summed E-state index contributed by atoms with van der Waals surface area (Å²) in [6, 6.07) is 15.4. The molecule has 102 valence electrons. The first-order valence-electron chi connectivity index (χ1n) is 6.51. The van der Waals surface area contributed by atoms with E-state index in [1.54, 1.807) is 12.1 Å². The van der Waals surface area contributed by atoms with Gasteiger partial charge in [-0.05, 0) is 41.8 Å². The number of rotatable bonds is 5. The maximum absolute atomic E-state index is 11.9. The van der Waals surface area contributed by atoms with Crippen LogP contribution in [0.2, 0.25) is 0 Å². The predicted octanol–water partition coefficient (Wildman–Crippen LogP) is 2.78. The summed E-state index contributed by atoms with van der Waals surface area (Å²) in [5.41, 5.74) is 9.40. The van der Waals surface area contributed by atoms with Crippen molar-refractivity contribution >= 4 is 11.6 Å². The molecule has 0 aliphatic heterocycles. The highest BCUT2D eigenvalue weighted by molar-refractivity contribution is 5.94. The Kier molecular flexibility index (Phi) is 4.56. The fourth-order valence-electron chi connectivity index (χ4n) is 2.03. The molecule has 2 aromatic carbocycles. The van der Waals surface area contributed by atoms with Crippen LogP contribution in [0, 0.1) is 0 Å². The number of nitrogens with two attached hydrogens (primary N) is 1. The zero-order chi connectivity index (χ0) is 14.4. The summed E-state index contributed by atoms with van der Waals surface area (Å²) in [5.74, 6) is -0.0840. The molecule has 0 radical (unpaired) electrons. The Morgan fingerprint density at radius 3 is 2.55 bits per heavy atom. The van der Waals surface area contributed by atoms with Crippen molar-refractivity contribution in [2.24, 2.45) is 0 Å². The Bertz CT molecular complexity index is 620. The largest absolute Gasteiger partial charge is 0.399 e. The van der Waals surface area contributed by atoms with Crippen LogP contribution < -0.4 is 11.1 Å². The Morgan fingerprint density at radius 2 is 1.85 bits per heavy atom. The normalized spacial score (nSPS) is 10.0. The maximum Gasteiger partial charge on any atom is 0.251 e. The summed E-state index contributed by atoms with van der Waals surface area (Å²) in [7, 11) is 0. The second-order valence-electron chi connectivity index (χ2n) is 4.62. The molecule has 0 aliphatic rings. The number of hydrogen-bond acceptors (Lipinski definition) is 2. The van der Waals surface area contributed by atoms with Crippen molar-refractivity contribution in [1.82, 2.24) is 5.32 Å². The lowest BCUT2D eigenvalue weighted by Crippen LogP contribution is -2.23. The number of nitrogen functional groups attached to an aromatic ring is 1. The van der Waals surface area contributed by atoms with Gasteiger partial charge in [-0.1, -0.05) is 30.3 Å². The fourth-order valence-corrected chi connectivity index (χ4v) is 2.03. The van der Waals surface area contributed by atoms with Gasteiger partial charge in [-0.3, -0.25) is 4.79 Å². The topological polar surface area (TPSA) is 55.1 Å². The fraction of sp³-hybridized carbons (Fsp3) is 0.118. The van der Waals surface area contributed by atoms with E-state index in [1.165, 1.54) is 0 Å². The predicted molar refractivity (Wildman–Crippen MR) is 82.6 cm³/mol. The summed E-state index contributed by atoms with van der Waals surface area (Å²) >= 11 is 0. The molecule has 0 saturated heterocycles. The monoisotopic (exact) mass is 266 g/mol. The van der Waals surface area contributed by atoms with E-state index in [9.17, 15) is 4.79 Å². The van der Waals surface area contributed by atoms with E-state index in [0.29, 0.717) is 12.1 Å². The average molecular weight is 266 g/mol. The first kappa shape index (κ1) is 13.9. The number of hydrogen-bond donors (Lipinski definition) is 2. The van der Waals surface area contributed by atoms with Crippen molar-refractivity contribution in [3.8, 4) is 0 Å². The van der Waals surface area contributed by atoms with Crippen LogP contribution in [0.5, 0.6) is 0 Å². The third-order valence-electron chi connectivity index (χ3n) is 2.96. The highest BCUT2D eigenvalue weighted by Crippen LogP contribution is 2.14. The second-order valence-corrected chi connectivity index (χ2v) is 4.62. The van der Waals surface area contributed by atoms with Crippen molar-refractivity contribution in [3.63, 3.8) is 0 Å². The van der Waals surface area contributed by atoms with E-state index in [0.717, 1.165) is 23.2 Å². The average Bonchev–Trinajstić information content (AvgIpc) is 2.45. The van der Waals surface area contributed by atoms with Crippen LogP contribution >= 0.6 is 0 Å². The molecule has 0 aliphatic carbocycles. The van der Waals surface area contributed by atoms with Gasteiger partial charge >= 0.3 is 0 Å². The Morgan fingerprint density at radius 1 is 1.15 bits per heavy atom. The number of carbonyl (C=O) groups is 1. The zero-order valence-corrected chi connectivity index (χ0v) is 11.3. The molecule has 0 saturated carbocycles. The highest BCUT2D eigenvalue weighted by atomic mass is 16.1. The highest BCUT2D eigenvalue weighted by Gasteiger charge is 2.05. The van der Waals surface area contributed by atoms with Gasteiger partial charge in [0.1, 0.15) is 0 Å². The number of amides is 1. The van der Waals surface area contributed by atoms with Gasteiger partial charge in [0.25, 0.3) is 5.91 Å². The van der Waals surface area contributed by atoms with Crippen LogP contribution in [-0.4, -0.2) is 12.5 Å². The quantitative estimate of drug-likeness (QED) is 0.646. The SMILES string of the molecule is C=CCNC(=O)c1cccc(Cc2cccc(N)c2)c1. The van der Waals surface area contributed by atoms with E-state index in [2.05, 4.69) is 11.9 Å². The number of benzene rings is 2.